The van der Waals surface area contributed by atoms with Crippen LogP contribution in [0.25, 0.3) is 12.2 Å². The fraction of sp³-hybridized carbons (Fsp3) is 0.483. The lowest BCUT2D eigenvalue weighted by Gasteiger charge is -2.45. The Balaban J connectivity index is 0.000000363. The molecule has 0 bridgehead atoms. The van der Waals surface area contributed by atoms with Gasteiger partial charge in [0.15, 0.2) is 18.9 Å². The average molecular weight is 1270 g/mol. The molecule has 3 heterocycles. The van der Waals surface area contributed by atoms with Crippen LogP contribution in [0.3, 0.4) is 0 Å². The van der Waals surface area contributed by atoms with E-state index in [-0.39, 0.29) is 11.9 Å². The quantitative estimate of drug-likeness (QED) is 0.0290. The lowest BCUT2D eigenvalue weighted by atomic mass is 9.91. The summed E-state index contributed by atoms with van der Waals surface area (Å²) in [5.41, 5.74) is 8.65. The van der Waals surface area contributed by atoms with Gasteiger partial charge >= 0.3 is 19.1 Å². The first kappa shape index (κ1) is 77.6. The number of hydrogen-bond donors (Lipinski definition) is 22. The van der Waals surface area contributed by atoms with Gasteiger partial charge in [0.25, 0.3) is 0 Å². The third kappa shape index (κ3) is 24.1. The topological polar surface area (TPSA) is 554 Å². The number of nitrogens with two attached hydrogens (primary N) is 1. The molecule has 0 aromatic heterocycles. The van der Waals surface area contributed by atoms with Crippen molar-refractivity contribution in [3.8, 4) is 0 Å². The smallest absolute Gasteiger partial charge is 0.480 e. The van der Waals surface area contributed by atoms with E-state index >= 15 is 0 Å². The minimum atomic E-state index is -2.02. The normalized spacial score (nSPS) is 29.1. The first-order valence-corrected chi connectivity index (χ1v) is 27.6. The van der Waals surface area contributed by atoms with Gasteiger partial charge in [0, 0.05) is 0 Å². The molecule has 4 aromatic carbocycles. The number of rotatable bonds is 24. The van der Waals surface area contributed by atoms with Gasteiger partial charge in [-0.25, -0.2) is 0 Å². The maximum Gasteiger partial charge on any atom is 0.480 e. The fourth-order valence-corrected chi connectivity index (χ4v) is 8.88. The van der Waals surface area contributed by atoms with Gasteiger partial charge in [0.2, 0.25) is 0 Å². The largest absolute Gasteiger partial charge is 0.480 e. The molecule has 3 saturated heterocycles. The highest BCUT2D eigenvalue weighted by Gasteiger charge is 2.51. The molecule has 22 atom stereocenters. The van der Waals surface area contributed by atoms with Crippen LogP contribution in [0, 0.1) is 0 Å². The van der Waals surface area contributed by atoms with Gasteiger partial charge in [-0.15, -0.1) is 0 Å². The zero-order valence-electron chi connectivity index (χ0n) is 47.8. The van der Waals surface area contributed by atoms with Crippen molar-refractivity contribution in [2.75, 3.05) is 26.4 Å². The first-order chi connectivity index (χ1) is 41.9. The van der Waals surface area contributed by atoms with Gasteiger partial charge in [-0.05, 0) is 35.1 Å². The summed E-state index contributed by atoms with van der Waals surface area (Å²) < 4.78 is 26.1. The Bertz CT molecular complexity index is 2620. The number of aliphatic hydroxyl groups is 16. The summed E-state index contributed by atoms with van der Waals surface area (Å²) in [5, 5.41) is 197. The summed E-state index contributed by atoms with van der Waals surface area (Å²) in [5.74, 6) is -0.878. The molecule has 0 radical (unpaired) electrons. The minimum Gasteiger partial charge on any atom is -0.480 e. The molecule has 3 aliphatic heterocycles. The summed E-state index contributed by atoms with van der Waals surface area (Å²) in [6.07, 6.45) is -26.6. The van der Waals surface area contributed by atoms with Crippen molar-refractivity contribution in [3.63, 3.8) is 0 Å². The molecule has 0 saturated carbocycles. The van der Waals surface area contributed by atoms with Crippen molar-refractivity contribution in [3.05, 3.63) is 156 Å². The Labute approximate surface area is 511 Å². The van der Waals surface area contributed by atoms with Crippen LogP contribution in [-0.2, 0) is 46.1 Å². The maximum absolute atomic E-state index is 12.2. The molecule has 0 amide bonds. The molecule has 30 nitrogen and oxygen atoms in total. The van der Waals surface area contributed by atoms with E-state index in [1.807, 2.05) is 60.7 Å². The molecule has 496 valence electrons. The van der Waals surface area contributed by atoms with Crippen LogP contribution >= 0.6 is 0 Å². The second kappa shape index (κ2) is 39.6. The van der Waals surface area contributed by atoms with Crippen molar-refractivity contribution in [1.29, 1.82) is 0 Å². The van der Waals surface area contributed by atoms with Crippen molar-refractivity contribution in [2.24, 2.45) is 5.73 Å². The number of aliphatic carboxylic acids is 2. The predicted molar refractivity (Wildman–Crippen MR) is 311 cm³/mol. The third-order valence-corrected chi connectivity index (χ3v) is 13.9. The van der Waals surface area contributed by atoms with Crippen LogP contribution in [-0.4, -0.2) is 288 Å². The van der Waals surface area contributed by atoms with Crippen LogP contribution < -0.4 is 11.1 Å². The molecular weight excluding hydrogens is 1180 g/mol. The molecule has 1 unspecified atom stereocenters. The first-order valence-electron chi connectivity index (χ1n) is 27.6. The highest BCUT2D eigenvalue weighted by Crippen LogP contribution is 2.29. The molecule has 4 aromatic rings. The lowest BCUT2D eigenvalue weighted by Crippen LogP contribution is -2.64. The highest BCUT2D eigenvalue weighted by molar-refractivity contribution is 6.48. The molecule has 89 heavy (non-hydrogen) atoms. The fourth-order valence-electron chi connectivity index (χ4n) is 8.88. The van der Waals surface area contributed by atoms with Gasteiger partial charge in [-0.2, -0.15) is 0 Å². The Kier molecular flexibility index (Phi) is 34.5. The summed E-state index contributed by atoms with van der Waals surface area (Å²) in [6, 6.07) is 33.1. The number of carboxylic acid groups (broad SMARTS) is 2. The number of ether oxygens (including phenoxy) is 5. The summed E-state index contributed by atoms with van der Waals surface area (Å²) in [7, 11) is -1.37. The summed E-state index contributed by atoms with van der Waals surface area (Å²) in [4.78, 5) is 22.6. The zero-order valence-corrected chi connectivity index (χ0v) is 47.8. The predicted octanol–water partition coefficient (Wildman–Crippen LogP) is -7.26. The van der Waals surface area contributed by atoms with E-state index in [4.69, 9.17) is 49.7 Å². The summed E-state index contributed by atoms with van der Waals surface area (Å²) in [6.45, 7) is -3.07. The Morgan fingerprint density at radius 3 is 1.45 bits per heavy atom. The summed E-state index contributed by atoms with van der Waals surface area (Å²) >= 11 is 0. The molecular formula is C58H83BN2O28. The van der Waals surface area contributed by atoms with E-state index in [0.717, 1.165) is 11.1 Å². The van der Waals surface area contributed by atoms with Gasteiger partial charge in [0.05, 0.1) is 32.5 Å². The zero-order chi connectivity index (χ0) is 65.2. The Morgan fingerprint density at radius 2 is 1.00 bits per heavy atom. The third-order valence-electron chi connectivity index (χ3n) is 13.9. The minimum absolute atomic E-state index is 0. The van der Waals surface area contributed by atoms with Crippen LogP contribution in [0.15, 0.2) is 133 Å². The monoisotopic (exact) mass is 1270 g/mol. The standard InChI is InChI=1S/C29H39NO12.C12H22O11.C9H11NO2.C8H9BO2.H2O/c31-14-20(33)27(42-29-26(38)24(36)23(35)21(15-32)41-29)25(37)22(34)18(12-11-16-7-3-1-4-8-16)30-19(28(39)40)13-17-9-5-2-6-10-17;13-1-3-5(15)6(16)9(19)12(22-3)23-10-4(2-14)21-11(20)8(18)7(10)17;10-8(9(11)12)6-7-4-2-1-3-5-7;10-9(11)7-6-8-4-2-1-3-5-8;/h1-12,18-27,29-38H,13-15H2,(H,39,40);3-20H,1-2H2;1-5,8H,6,10H2,(H,11,12);1-7,10-11H;1H2/b12-11+;;;7-6+;/t18-,19-,20+,21+,22-,23+,24-,25+,26+,27+,29+;3-,4-,5-,6+,7-,8-,9-,10-,11?,12-;8-;;/m010../s1. The molecule has 3 aliphatic rings. The van der Waals surface area contributed by atoms with E-state index < -0.39 is 180 Å². The lowest BCUT2D eigenvalue weighted by molar-refractivity contribution is -0.355. The molecule has 31 heteroatoms. The number of hydrogen-bond acceptors (Lipinski definition) is 27. The number of benzene rings is 4. The molecule has 7 rings (SSSR count). The van der Waals surface area contributed by atoms with E-state index in [1.54, 1.807) is 72.8 Å². The molecule has 0 spiro atoms. The second-order valence-electron chi connectivity index (χ2n) is 20.4. The molecule has 25 N–H and O–H groups in total. The number of carbonyl (C=O) groups is 2. The number of aliphatic hydroxyl groups excluding tert-OH is 16. The number of carboxylic acids is 2. The van der Waals surface area contributed by atoms with E-state index in [1.165, 1.54) is 12.1 Å². The van der Waals surface area contributed by atoms with Gasteiger partial charge in [-0.1, -0.05) is 146 Å². The average Bonchev–Trinajstić information content (AvgIpc) is 2.42. The maximum atomic E-state index is 12.2. The van der Waals surface area contributed by atoms with Crippen molar-refractivity contribution in [1.82, 2.24) is 5.32 Å². The van der Waals surface area contributed by atoms with Crippen LogP contribution in [0.1, 0.15) is 22.3 Å². The van der Waals surface area contributed by atoms with Gasteiger partial charge in [-0.3, -0.25) is 14.9 Å². The Hall–Kier alpha value is -5.68. The van der Waals surface area contributed by atoms with E-state index in [0.29, 0.717) is 17.5 Å². The van der Waals surface area contributed by atoms with Crippen molar-refractivity contribution in [2.45, 2.75) is 148 Å². The van der Waals surface area contributed by atoms with Crippen molar-refractivity contribution < 1.29 is 141 Å². The van der Waals surface area contributed by atoms with Gasteiger partial charge in [0.1, 0.15) is 110 Å². The number of nitrogens with one attached hydrogen (secondary N) is 1. The Morgan fingerprint density at radius 1 is 0.551 bits per heavy atom. The van der Waals surface area contributed by atoms with E-state index in [2.05, 4.69) is 5.32 Å². The second-order valence-corrected chi connectivity index (χ2v) is 20.4. The van der Waals surface area contributed by atoms with Crippen LogP contribution in [0.2, 0.25) is 0 Å². The van der Waals surface area contributed by atoms with Gasteiger partial charge < -0.3 is 137 Å². The SMILES string of the molecule is N[C@@H](Cc1ccccc1)C(=O)O.O.O=C(O)[C@H](Cc1ccccc1)N[C@@H](/C=C/c1ccccc1)[C@H](O)[C@@H](O)[C@H](O[C@H]1O[C@H](CO)[C@@H](O)[C@H](O)[C@H]1O)[C@H](O)CO.OB(O)/C=C/c1ccccc1.OC[C@H]1O[C@H](O[C@H]2[C@H](O)[C@@H](O)C(O)O[C@@H]2CO)[C@H](O)[C@@H](O)[C@@H]1O. The van der Waals surface area contributed by atoms with Crippen LogP contribution in [0.4, 0.5) is 0 Å². The van der Waals surface area contributed by atoms with E-state index in [9.17, 15) is 91.3 Å². The molecule has 0 aliphatic carbocycles. The van der Waals surface area contributed by atoms with Crippen molar-refractivity contribution >= 4 is 31.2 Å². The highest BCUT2D eigenvalue weighted by atomic mass is 16.7. The van der Waals surface area contributed by atoms with Crippen LogP contribution in [0.5, 0.6) is 0 Å². The molecule has 3 fully saturated rings.